The Bertz CT molecular complexity index is 672. The van der Waals surface area contributed by atoms with Gasteiger partial charge in [0.1, 0.15) is 0 Å². The van der Waals surface area contributed by atoms with Crippen LogP contribution in [0.2, 0.25) is 0 Å². The van der Waals surface area contributed by atoms with E-state index in [9.17, 15) is 9.59 Å². The Morgan fingerprint density at radius 3 is 2.58 bits per heavy atom. The van der Waals surface area contributed by atoms with Gasteiger partial charge in [0.15, 0.2) is 0 Å². The molecular weight excluding hydrogens is 304 g/mol. The summed E-state index contributed by atoms with van der Waals surface area (Å²) in [6, 6.07) is 3.68. The zero-order valence-electron chi connectivity index (χ0n) is 14.2. The summed E-state index contributed by atoms with van der Waals surface area (Å²) in [5.41, 5.74) is 2.50. The quantitative estimate of drug-likeness (QED) is 0.846. The lowest BCUT2D eigenvalue weighted by Gasteiger charge is -2.25. The lowest BCUT2D eigenvalue weighted by Crippen LogP contribution is -2.34. The zero-order chi connectivity index (χ0) is 16.5. The topological polar surface area (TPSA) is 51.5 Å². The summed E-state index contributed by atoms with van der Waals surface area (Å²) < 4.78 is 7.42. The van der Waals surface area contributed by atoms with E-state index < -0.39 is 0 Å². The Hall–Kier alpha value is -1.62. The fourth-order valence-corrected chi connectivity index (χ4v) is 3.99. The molecule has 2 fully saturated rings. The summed E-state index contributed by atoms with van der Waals surface area (Å²) in [4.78, 5) is 26.9. The molecule has 130 valence electrons. The van der Waals surface area contributed by atoms with Gasteiger partial charge in [-0.2, -0.15) is 0 Å². The molecule has 1 amide bonds. The molecule has 2 aliphatic heterocycles. The van der Waals surface area contributed by atoms with Gasteiger partial charge in [0.25, 0.3) is 5.56 Å². The number of hydrogen-bond donors (Lipinski definition) is 0. The smallest absolute Gasteiger partial charge is 0.250 e. The molecule has 3 heterocycles. The van der Waals surface area contributed by atoms with Gasteiger partial charge in [-0.1, -0.05) is 6.07 Å². The molecule has 0 bridgehead atoms. The van der Waals surface area contributed by atoms with Crippen molar-refractivity contribution < 1.29 is 9.53 Å². The van der Waals surface area contributed by atoms with E-state index in [1.165, 1.54) is 5.56 Å². The summed E-state index contributed by atoms with van der Waals surface area (Å²) in [7, 11) is 0. The molecule has 0 radical (unpaired) electrons. The van der Waals surface area contributed by atoms with Crippen molar-refractivity contribution in [1.82, 2.24) is 9.47 Å². The molecule has 0 aromatic carbocycles. The summed E-state index contributed by atoms with van der Waals surface area (Å²) in [5, 5.41) is 0. The van der Waals surface area contributed by atoms with Crippen LogP contribution in [-0.4, -0.2) is 41.7 Å². The molecule has 0 unspecified atom stereocenters. The highest BCUT2D eigenvalue weighted by Crippen LogP contribution is 2.31. The molecule has 1 saturated carbocycles. The number of carbonyl (C=O) groups excluding carboxylic acids is 1. The molecule has 5 heteroatoms. The van der Waals surface area contributed by atoms with E-state index in [0.29, 0.717) is 11.8 Å². The Balaban J connectivity index is 1.54. The maximum Gasteiger partial charge on any atom is 0.250 e. The van der Waals surface area contributed by atoms with Gasteiger partial charge < -0.3 is 14.2 Å². The Morgan fingerprint density at radius 1 is 1.08 bits per heavy atom. The predicted octanol–water partition coefficient (Wildman–Crippen LogP) is 1.61. The van der Waals surface area contributed by atoms with E-state index in [1.54, 1.807) is 6.07 Å². The van der Waals surface area contributed by atoms with Gasteiger partial charge in [-0.3, -0.25) is 9.59 Å². The van der Waals surface area contributed by atoms with E-state index in [4.69, 9.17) is 4.74 Å². The lowest BCUT2D eigenvalue weighted by molar-refractivity contribution is -0.132. The molecule has 24 heavy (non-hydrogen) atoms. The van der Waals surface area contributed by atoms with Gasteiger partial charge in [0.2, 0.25) is 5.91 Å². The van der Waals surface area contributed by atoms with E-state index in [-0.39, 0.29) is 11.5 Å². The number of fused-ring (bicyclic) bond motifs is 1. The first-order chi connectivity index (χ1) is 11.7. The van der Waals surface area contributed by atoms with Crippen LogP contribution in [-0.2, 0) is 28.9 Å². The maximum atomic E-state index is 12.5. The third-order valence-electron chi connectivity index (χ3n) is 5.68. The van der Waals surface area contributed by atoms with Gasteiger partial charge >= 0.3 is 0 Å². The van der Waals surface area contributed by atoms with Crippen molar-refractivity contribution in [2.45, 2.75) is 45.1 Å². The number of rotatable bonds is 3. The number of aromatic nitrogens is 1. The largest absolute Gasteiger partial charge is 0.381 e. The molecule has 5 nitrogen and oxygen atoms in total. The van der Waals surface area contributed by atoms with Crippen LogP contribution in [0.1, 0.15) is 36.9 Å². The Morgan fingerprint density at radius 2 is 1.83 bits per heavy atom. The summed E-state index contributed by atoms with van der Waals surface area (Å²) >= 11 is 0. The van der Waals surface area contributed by atoms with Crippen LogP contribution in [0.15, 0.2) is 16.9 Å². The van der Waals surface area contributed by atoms with Gasteiger partial charge in [0.05, 0.1) is 0 Å². The molecule has 1 saturated heterocycles. The Labute approximate surface area is 142 Å². The molecule has 0 spiro atoms. The molecule has 1 aromatic rings. The summed E-state index contributed by atoms with van der Waals surface area (Å²) in [6.07, 6.45) is 5.83. The molecule has 4 rings (SSSR count). The van der Waals surface area contributed by atoms with Gasteiger partial charge in [-0.05, 0) is 43.6 Å². The second-order valence-corrected chi connectivity index (χ2v) is 7.41. The van der Waals surface area contributed by atoms with Crippen LogP contribution in [0, 0.1) is 11.8 Å². The van der Waals surface area contributed by atoms with Crippen LogP contribution in [0.25, 0.3) is 0 Å². The first kappa shape index (κ1) is 15.9. The van der Waals surface area contributed by atoms with E-state index in [2.05, 4.69) is 0 Å². The fraction of sp³-hybridized carbons (Fsp3) is 0.684. The molecule has 0 atom stereocenters. The van der Waals surface area contributed by atoms with Gasteiger partial charge in [0, 0.05) is 56.9 Å². The van der Waals surface area contributed by atoms with E-state index in [0.717, 1.165) is 77.1 Å². The fourth-order valence-electron chi connectivity index (χ4n) is 3.99. The van der Waals surface area contributed by atoms with Crippen LogP contribution in [0.3, 0.4) is 0 Å². The van der Waals surface area contributed by atoms with Crippen LogP contribution < -0.4 is 5.56 Å². The van der Waals surface area contributed by atoms with Crippen molar-refractivity contribution in [2.24, 2.45) is 11.8 Å². The molecule has 1 aromatic heterocycles. The first-order valence-electron chi connectivity index (χ1n) is 9.30. The number of hydrogen-bond acceptors (Lipinski definition) is 3. The van der Waals surface area contributed by atoms with Crippen molar-refractivity contribution in [3.63, 3.8) is 0 Å². The molecule has 1 aliphatic carbocycles. The van der Waals surface area contributed by atoms with Crippen molar-refractivity contribution in [2.75, 3.05) is 26.3 Å². The van der Waals surface area contributed by atoms with E-state index >= 15 is 0 Å². The van der Waals surface area contributed by atoms with Crippen LogP contribution in [0.5, 0.6) is 0 Å². The predicted molar refractivity (Wildman–Crippen MR) is 91.0 cm³/mol. The van der Waals surface area contributed by atoms with E-state index in [1.807, 2.05) is 15.5 Å². The summed E-state index contributed by atoms with van der Waals surface area (Å²) in [5.74, 6) is 1.12. The second-order valence-electron chi connectivity index (χ2n) is 7.41. The maximum absolute atomic E-state index is 12.5. The molecule has 3 aliphatic rings. The first-order valence-corrected chi connectivity index (χ1v) is 9.30. The summed E-state index contributed by atoms with van der Waals surface area (Å²) in [6.45, 7) is 3.94. The normalized spacial score (nSPS) is 22.1. The zero-order valence-corrected chi connectivity index (χ0v) is 14.2. The monoisotopic (exact) mass is 330 g/mol. The number of nitrogens with zero attached hydrogens (tertiary/aromatic N) is 2. The number of pyridine rings is 1. The minimum Gasteiger partial charge on any atom is -0.381 e. The molecule has 0 N–H and O–H groups in total. The number of amides is 1. The van der Waals surface area contributed by atoms with Crippen molar-refractivity contribution in [3.05, 3.63) is 33.7 Å². The SMILES string of the molecule is O=C(C1CC1)N1CCc2ccc(=O)n(CC3CCOCC3)c2CC1. The average molecular weight is 330 g/mol. The van der Waals surface area contributed by atoms with Crippen molar-refractivity contribution >= 4 is 5.91 Å². The highest BCUT2D eigenvalue weighted by atomic mass is 16.5. The second kappa shape index (κ2) is 6.71. The highest BCUT2D eigenvalue weighted by Gasteiger charge is 2.34. The van der Waals surface area contributed by atoms with Gasteiger partial charge in [-0.15, -0.1) is 0 Å². The highest BCUT2D eigenvalue weighted by molar-refractivity contribution is 5.81. The standard InChI is InChI=1S/C19H26N2O3/c22-18-4-3-15-5-9-20(19(23)16-1-2-16)10-6-17(15)21(18)13-14-7-11-24-12-8-14/h3-4,14,16H,1-2,5-13H2. The minimum absolute atomic E-state index is 0.0993. The van der Waals surface area contributed by atoms with Crippen LogP contribution in [0.4, 0.5) is 0 Å². The van der Waals surface area contributed by atoms with Gasteiger partial charge in [-0.25, -0.2) is 0 Å². The minimum atomic E-state index is 0.0993. The molecular formula is C19H26N2O3. The third-order valence-corrected chi connectivity index (χ3v) is 5.68. The number of carbonyl (C=O) groups is 1. The Kier molecular flexibility index (Phi) is 4.44. The number of ether oxygens (including phenoxy) is 1. The lowest BCUT2D eigenvalue weighted by atomic mass is 9.99. The van der Waals surface area contributed by atoms with Crippen LogP contribution >= 0.6 is 0 Å². The third kappa shape index (κ3) is 3.27. The van der Waals surface area contributed by atoms with Crippen molar-refractivity contribution in [1.29, 1.82) is 0 Å². The average Bonchev–Trinajstić information content (AvgIpc) is 3.44. The van der Waals surface area contributed by atoms with Crippen molar-refractivity contribution in [3.8, 4) is 0 Å².